The van der Waals surface area contributed by atoms with E-state index in [4.69, 9.17) is 0 Å². The third kappa shape index (κ3) is 3.17. The van der Waals surface area contributed by atoms with E-state index in [2.05, 4.69) is 21.0 Å². The minimum absolute atomic E-state index is 0.348. The lowest BCUT2D eigenvalue weighted by atomic mass is 10.0. The largest absolute Gasteiger partial charge is 0.388 e. The van der Waals surface area contributed by atoms with Crippen molar-refractivity contribution >= 4 is 15.9 Å². The fraction of sp³-hybridized carbons (Fsp3) is 0.308. The standard InChI is InChI=1S/C13H14BrFN2O/c1-17-12(4-5-16-17)2-3-13(18)9-6-10(14)8-11(15)7-9/h4-8,13,18H,2-3H2,1H3. The first-order valence-corrected chi connectivity index (χ1v) is 6.46. The molecule has 0 radical (unpaired) electrons. The van der Waals surface area contributed by atoms with Gasteiger partial charge in [-0.3, -0.25) is 4.68 Å². The summed E-state index contributed by atoms with van der Waals surface area (Å²) in [7, 11) is 1.86. The molecule has 1 aromatic carbocycles. The predicted molar refractivity (Wildman–Crippen MR) is 70.6 cm³/mol. The van der Waals surface area contributed by atoms with Gasteiger partial charge in [0.2, 0.25) is 0 Å². The molecule has 5 heteroatoms. The average molecular weight is 313 g/mol. The van der Waals surface area contributed by atoms with Crippen LogP contribution in [0, 0.1) is 5.82 Å². The van der Waals surface area contributed by atoms with Crippen LogP contribution in [-0.2, 0) is 13.5 Å². The Labute approximate surface area is 113 Å². The van der Waals surface area contributed by atoms with Crippen LogP contribution in [-0.4, -0.2) is 14.9 Å². The molecule has 0 saturated heterocycles. The molecular formula is C13H14BrFN2O. The van der Waals surface area contributed by atoms with Gasteiger partial charge in [0, 0.05) is 23.4 Å². The number of rotatable bonds is 4. The molecule has 0 fully saturated rings. The van der Waals surface area contributed by atoms with Gasteiger partial charge in [0.05, 0.1) is 6.10 Å². The summed E-state index contributed by atoms with van der Waals surface area (Å²) in [5.41, 5.74) is 1.63. The Kier molecular flexibility index (Phi) is 4.14. The van der Waals surface area contributed by atoms with Crippen LogP contribution in [0.15, 0.2) is 34.9 Å². The third-order valence-corrected chi connectivity index (χ3v) is 3.32. The summed E-state index contributed by atoms with van der Waals surface area (Å²) in [4.78, 5) is 0. The van der Waals surface area contributed by atoms with Crippen LogP contribution in [0.1, 0.15) is 23.8 Å². The van der Waals surface area contributed by atoms with E-state index in [0.717, 1.165) is 5.69 Å². The maximum atomic E-state index is 13.2. The molecule has 0 aliphatic carbocycles. The molecule has 0 spiro atoms. The van der Waals surface area contributed by atoms with Gasteiger partial charge in [0.1, 0.15) is 5.82 Å². The Balaban J connectivity index is 2.03. The van der Waals surface area contributed by atoms with Gasteiger partial charge in [-0.15, -0.1) is 0 Å². The lowest BCUT2D eigenvalue weighted by Gasteiger charge is -2.11. The number of benzene rings is 1. The molecule has 1 aromatic heterocycles. The van der Waals surface area contributed by atoms with E-state index in [-0.39, 0.29) is 5.82 Å². The van der Waals surface area contributed by atoms with Crippen molar-refractivity contribution in [3.63, 3.8) is 0 Å². The summed E-state index contributed by atoms with van der Waals surface area (Å²) >= 11 is 3.22. The summed E-state index contributed by atoms with van der Waals surface area (Å²) < 4.78 is 15.6. The molecule has 0 bridgehead atoms. The Morgan fingerprint density at radius 3 is 2.83 bits per heavy atom. The third-order valence-electron chi connectivity index (χ3n) is 2.87. The number of aromatic nitrogens is 2. The fourth-order valence-electron chi connectivity index (χ4n) is 1.87. The van der Waals surface area contributed by atoms with Crippen molar-refractivity contribution in [1.29, 1.82) is 0 Å². The lowest BCUT2D eigenvalue weighted by molar-refractivity contribution is 0.166. The normalized spacial score (nSPS) is 12.7. The molecule has 1 heterocycles. The molecule has 3 nitrogen and oxygen atoms in total. The summed E-state index contributed by atoms with van der Waals surface area (Å²) in [5.74, 6) is -0.348. The van der Waals surface area contributed by atoms with E-state index < -0.39 is 6.10 Å². The number of aliphatic hydroxyl groups excluding tert-OH is 1. The van der Waals surface area contributed by atoms with Gasteiger partial charge in [-0.25, -0.2) is 4.39 Å². The Hall–Kier alpha value is -1.20. The zero-order valence-electron chi connectivity index (χ0n) is 9.98. The van der Waals surface area contributed by atoms with Gasteiger partial charge in [-0.1, -0.05) is 15.9 Å². The first kappa shape index (κ1) is 13.2. The van der Waals surface area contributed by atoms with Crippen LogP contribution in [0.5, 0.6) is 0 Å². The lowest BCUT2D eigenvalue weighted by Crippen LogP contribution is -2.04. The quantitative estimate of drug-likeness (QED) is 0.942. The molecule has 0 aliphatic rings. The highest BCUT2D eigenvalue weighted by molar-refractivity contribution is 9.10. The van der Waals surface area contributed by atoms with Gasteiger partial charge in [0.15, 0.2) is 0 Å². The Bertz CT molecular complexity index is 521. The number of hydrogen-bond donors (Lipinski definition) is 1. The first-order chi connectivity index (χ1) is 8.56. The van der Waals surface area contributed by atoms with E-state index in [9.17, 15) is 9.50 Å². The topological polar surface area (TPSA) is 38.0 Å². The molecule has 18 heavy (non-hydrogen) atoms. The number of hydrogen-bond acceptors (Lipinski definition) is 2. The van der Waals surface area contributed by atoms with Crippen molar-refractivity contribution in [1.82, 2.24) is 9.78 Å². The molecule has 0 aliphatic heterocycles. The zero-order chi connectivity index (χ0) is 13.1. The molecule has 0 amide bonds. The van der Waals surface area contributed by atoms with E-state index in [1.165, 1.54) is 12.1 Å². The SMILES string of the molecule is Cn1nccc1CCC(O)c1cc(F)cc(Br)c1. The highest BCUT2D eigenvalue weighted by Crippen LogP contribution is 2.23. The van der Waals surface area contributed by atoms with Gasteiger partial charge in [-0.2, -0.15) is 5.10 Å². The summed E-state index contributed by atoms with van der Waals surface area (Å²) in [6.07, 6.45) is 2.29. The average Bonchev–Trinajstić information content (AvgIpc) is 2.70. The van der Waals surface area contributed by atoms with Crippen LogP contribution < -0.4 is 0 Å². The van der Waals surface area contributed by atoms with Crippen molar-refractivity contribution in [2.45, 2.75) is 18.9 Å². The monoisotopic (exact) mass is 312 g/mol. The Morgan fingerprint density at radius 2 is 2.22 bits per heavy atom. The van der Waals surface area contributed by atoms with Crippen molar-refractivity contribution in [2.75, 3.05) is 0 Å². The molecule has 0 saturated carbocycles. The minimum atomic E-state index is -0.674. The predicted octanol–water partition coefficient (Wildman–Crippen LogP) is 2.99. The maximum Gasteiger partial charge on any atom is 0.124 e. The molecule has 96 valence electrons. The van der Waals surface area contributed by atoms with Crippen LogP contribution in [0.4, 0.5) is 4.39 Å². The second kappa shape index (κ2) is 5.63. The van der Waals surface area contributed by atoms with E-state index >= 15 is 0 Å². The van der Waals surface area contributed by atoms with Crippen LogP contribution in [0.3, 0.4) is 0 Å². The maximum absolute atomic E-state index is 13.2. The molecule has 2 rings (SSSR count). The molecule has 1 N–H and O–H groups in total. The van der Waals surface area contributed by atoms with E-state index in [1.54, 1.807) is 16.9 Å². The second-order valence-electron chi connectivity index (χ2n) is 4.20. The van der Waals surface area contributed by atoms with Gasteiger partial charge >= 0.3 is 0 Å². The highest BCUT2D eigenvalue weighted by Gasteiger charge is 2.11. The molecule has 2 aromatic rings. The second-order valence-corrected chi connectivity index (χ2v) is 5.12. The molecular weight excluding hydrogens is 299 g/mol. The van der Waals surface area contributed by atoms with Crippen LogP contribution in [0.25, 0.3) is 0 Å². The highest BCUT2D eigenvalue weighted by atomic mass is 79.9. The number of aryl methyl sites for hydroxylation is 2. The van der Waals surface area contributed by atoms with Gasteiger partial charge in [-0.05, 0) is 42.7 Å². The van der Waals surface area contributed by atoms with E-state index in [1.807, 2.05) is 13.1 Å². The fourth-order valence-corrected chi connectivity index (χ4v) is 2.35. The van der Waals surface area contributed by atoms with Crippen molar-refractivity contribution < 1.29 is 9.50 Å². The van der Waals surface area contributed by atoms with Crippen LogP contribution in [0.2, 0.25) is 0 Å². The Morgan fingerprint density at radius 1 is 1.44 bits per heavy atom. The van der Waals surface area contributed by atoms with Crippen LogP contribution >= 0.6 is 15.9 Å². The summed E-state index contributed by atoms with van der Waals surface area (Å²) in [6, 6.07) is 6.38. The number of aliphatic hydroxyl groups is 1. The summed E-state index contributed by atoms with van der Waals surface area (Å²) in [6.45, 7) is 0. The van der Waals surface area contributed by atoms with Gasteiger partial charge < -0.3 is 5.11 Å². The smallest absolute Gasteiger partial charge is 0.124 e. The van der Waals surface area contributed by atoms with Gasteiger partial charge in [0.25, 0.3) is 0 Å². The van der Waals surface area contributed by atoms with Crippen molar-refractivity contribution in [2.24, 2.45) is 7.05 Å². The van der Waals surface area contributed by atoms with Crippen molar-refractivity contribution in [3.8, 4) is 0 Å². The van der Waals surface area contributed by atoms with E-state index in [0.29, 0.717) is 22.9 Å². The number of halogens is 2. The summed E-state index contributed by atoms with van der Waals surface area (Å²) in [5, 5.41) is 14.1. The first-order valence-electron chi connectivity index (χ1n) is 5.67. The molecule has 1 atom stereocenters. The minimum Gasteiger partial charge on any atom is -0.388 e. The molecule has 1 unspecified atom stereocenters. The number of nitrogens with zero attached hydrogens (tertiary/aromatic N) is 2. The van der Waals surface area contributed by atoms with Crippen molar-refractivity contribution in [3.05, 3.63) is 52.0 Å². The zero-order valence-corrected chi connectivity index (χ0v) is 11.6.